The monoisotopic (exact) mass is 251 g/mol. The average molecular weight is 252 g/mol. The van der Waals surface area contributed by atoms with E-state index < -0.39 is 0 Å². The van der Waals surface area contributed by atoms with E-state index in [4.69, 9.17) is 5.73 Å². The van der Waals surface area contributed by atoms with Gasteiger partial charge in [-0.2, -0.15) is 11.8 Å². The highest BCUT2D eigenvalue weighted by atomic mass is 79.9. The Balaban J connectivity index is 2.73. The topological polar surface area (TPSA) is 26.0 Å². The summed E-state index contributed by atoms with van der Waals surface area (Å²) in [5, 5.41) is 2.56. The van der Waals surface area contributed by atoms with Gasteiger partial charge in [0.2, 0.25) is 0 Å². The molecule has 2 N–H and O–H groups in total. The Morgan fingerprint density at radius 3 is 2.91 bits per heavy atom. The molecule has 1 unspecified atom stereocenters. The largest absolute Gasteiger partial charge is 0.329 e. The number of hydrogen-bond donors (Lipinski definition) is 1. The third kappa shape index (κ3) is 2.47. The number of thioether (sulfide) groups is 1. The minimum atomic E-state index is 0.464. The van der Waals surface area contributed by atoms with E-state index in [1.807, 2.05) is 0 Å². The van der Waals surface area contributed by atoms with Crippen LogP contribution in [0.2, 0.25) is 0 Å². The summed E-state index contributed by atoms with van der Waals surface area (Å²) < 4.78 is 1.16. The zero-order valence-electron chi connectivity index (χ0n) is 6.21. The van der Waals surface area contributed by atoms with Crippen LogP contribution in [0, 0.1) is 0 Å². The van der Waals surface area contributed by atoms with Gasteiger partial charge in [0.15, 0.2) is 0 Å². The molecule has 1 rings (SSSR count). The minimum absolute atomic E-state index is 0.464. The number of hydrogen-bond acceptors (Lipinski definition) is 3. The Morgan fingerprint density at radius 1 is 1.82 bits per heavy atom. The standard InChI is InChI=1S/C7H10BrNS2/c1-10-7(3-9)6-2-5(8)4-11-6/h2,4,7H,3,9H2,1H3. The first kappa shape index (κ1) is 9.58. The van der Waals surface area contributed by atoms with Crippen LogP contribution >= 0.6 is 39.0 Å². The van der Waals surface area contributed by atoms with Gasteiger partial charge >= 0.3 is 0 Å². The Labute approximate surface area is 83.5 Å². The van der Waals surface area contributed by atoms with Crippen LogP contribution in [0.15, 0.2) is 15.9 Å². The van der Waals surface area contributed by atoms with Gasteiger partial charge in [-0.25, -0.2) is 0 Å². The molecule has 0 aliphatic carbocycles. The summed E-state index contributed by atoms with van der Waals surface area (Å²) in [6.45, 7) is 0.716. The maximum atomic E-state index is 5.60. The van der Waals surface area contributed by atoms with Gasteiger partial charge < -0.3 is 5.73 Å². The first-order chi connectivity index (χ1) is 5.27. The molecule has 0 fully saturated rings. The van der Waals surface area contributed by atoms with E-state index in [-0.39, 0.29) is 0 Å². The Bertz CT molecular complexity index is 220. The molecule has 0 saturated carbocycles. The van der Waals surface area contributed by atoms with Gasteiger partial charge in [0.05, 0.1) is 5.25 Å². The molecule has 0 spiro atoms. The zero-order valence-corrected chi connectivity index (χ0v) is 9.43. The zero-order chi connectivity index (χ0) is 8.27. The number of thiophene rings is 1. The van der Waals surface area contributed by atoms with Crippen LogP contribution < -0.4 is 5.73 Å². The highest BCUT2D eigenvalue weighted by molar-refractivity contribution is 9.10. The molecule has 0 saturated heterocycles. The van der Waals surface area contributed by atoms with E-state index in [0.717, 1.165) is 4.47 Å². The highest BCUT2D eigenvalue weighted by Crippen LogP contribution is 2.32. The van der Waals surface area contributed by atoms with Crippen molar-refractivity contribution in [3.05, 3.63) is 20.8 Å². The molecule has 62 valence electrons. The van der Waals surface area contributed by atoms with Gasteiger partial charge in [0, 0.05) is 21.3 Å². The molecular formula is C7H10BrNS2. The van der Waals surface area contributed by atoms with Gasteiger partial charge in [-0.1, -0.05) is 0 Å². The summed E-state index contributed by atoms with van der Waals surface area (Å²) in [4.78, 5) is 1.35. The molecule has 11 heavy (non-hydrogen) atoms. The molecule has 0 bridgehead atoms. The smallest absolute Gasteiger partial charge is 0.0511 e. The second-order valence-corrected chi connectivity index (χ2v) is 5.03. The van der Waals surface area contributed by atoms with Crippen molar-refractivity contribution in [1.29, 1.82) is 0 Å². The van der Waals surface area contributed by atoms with Crippen LogP contribution in [0.25, 0.3) is 0 Å². The number of nitrogens with two attached hydrogens (primary N) is 1. The predicted octanol–water partition coefficient (Wildman–Crippen LogP) is 2.87. The molecule has 0 aromatic carbocycles. The van der Waals surface area contributed by atoms with Crippen molar-refractivity contribution in [1.82, 2.24) is 0 Å². The van der Waals surface area contributed by atoms with Crippen molar-refractivity contribution in [2.45, 2.75) is 5.25 Å². The van der Waals surface area contributed by atoms with E-state index in [2.05, 4.69) is 33.6 Å². The van der Waals surface area contributed by atoms with Crippen LogP contribution in [-0.2, 0) is 0 Å². The van der Waals surface area contributed by atoms with Crippen molar-refractivity contribution >= 4 is 39.0 Å². The van der Waals surface area contributed by atoms with Crippen LogP contribution in [0.4, 0.5) is 0 Å². The predicted molar refractivity (Wildman–Crippen MR) is 57.3 cm³/mol. The van der Waals surface area contributed by atoms with Crippen LogP contribution in [0.1, 0.15) is 10.1 Å². The molecule has 1 nitrogen and oxygen atoms in total. The third-order valence-corrected chi connectivity index (χ3v) is 4.38. The summed E-state index contributed by atoms with van der Waals surface area (Å²) in [6, 6.07) is 2.14. The molecule has 1 aromatic rings. The fraction of sp³-hybridized carbons (Fsp3) is 0.429. The van der Waals surface area contributed by atoms with Crippen molar-refractivity contribution in [2.24, 2.45) is 5.73 Å². The fourth-order valence-electron chi connectivity index (χ4n) is 0.826. The quantitative estimate of drug-likeness (QED) is 0.895. The lowest BCUT2D eigenvalue weighted by molar-refractivity contribution is 0.964. The molecular weight excluding hydrogens is 242 g/mol. The van der Waals surface area contributed by atoms with Crippen molar-refractivity contribution < 1.29 is 0 Å². The van der Waals surface area contributed by atoms with Crippen LogP contribution in [0.3, 0.4) is 0 Å². The maximum absolute atomic E-state index is 5.60. The highest BCUT2D eigenvalue weighted by Gasteiger charge is 2.09. The summed E-state index contributed by atoms with van der Waals surface area (Å²) >= 11 is 6.98. The molecule has 1 heterocycles. The van der Waals surface area contributed by atoms with E-state index in [9.17, 15) is 0 Å². The first-order valence-electron chi connectivity index (χ1n) is 3.24. The average Bonchev–Trinajstić information content (AvgIpc) is 2.39. The van der Waals surface area contributed by atoms with E-state index >= 15 is 0 Å². The van der Waals surface area contributed by atoms with E-state index in [0.29, 0.717) is 11.8 Å². The number of rotatable bonds is 3. The summed E-state index contributed by atoms with van der Waals surface area (Å²) in [6.07, 6.45) is 2.09. The van der Waals surface area contributed by atoms with Gasteiger partial charge in [0.1, 0.15) is 0 Å². The lowest BCUT2D eigenvalue weighted by Gasteiger charge is -2.07. The number of halogens is 1. The first-order valence-corrected chi connectivity index (χ1v) is 6.20. The second-order valence-electron chi connectivity index (χ2n) is 2.13. The lowest BCUT2D eigenvalue weighted by Crippen LogP contribution is -2.07. The Kier molecular flexibility index (Phi) is 3.92. The minimum Gasteiger partial charge on any atom is -0.329 e. The lowest BCUT2D eigenvalue weighted by atomic mass is 10.3. The van der Waals surface area contributed by atoms with Crippen molar-refractivity contribution in [3.8, 4) is 0 Å². The molecule has 1 atom stereocenters. The van der Waals surface area contributed by atoms with Gasteiger partial charge in [-0.15, -0.1) is 11.3 Å². The fourth-order valence-corrected chi connectivity index (χ4v) is 3.21. The molecule has 4 heteroatoms. The SMILES string of the molecule is CSC(CN)c1cc(Br)cs1. The Morgan fingerprint density at radius 2 is 2.55 bits per heavy atom. The molecule has 0 aliphatic heterocycles. The van der Waals surface area contributed by atoms with Gasteiger partial charge in [-0.05, 0) is 28.3 Å². The summed E-state index contributed by atoms with van der Waals surface area (Å²) in [7, 11) is 0. The normalized spacial score (nSPS) is 13.4. The van der Waals surface area contributed by atoms with Crippen molar-refractivity contribution in [2.75, 3.05) is 12.8 Å². The molecule has 0 amide bonds. The van der Waals surface area contributed by atoms with Gasteiger partial charge in [-0.3, -0.25) is 0 Å². The van der Waals surface area contributed by atoms with E-state index in [1.54, 1.807) is 23.1 Å². The maximum Gasteiger partial charge on any atom is 0.0511 e. The van der Waals surface area contributed by atoms with Crippen LogP contribution in [0.5, 0.6) is 0 Å². The van der Waals surface area contributed by atoms with Crippen molar-refractivity contribution in [3.63, 3.8) is 0 Å². The molecule has 1 aromatic heterocycles. The second kappa shape index (κ2) is 4.50. The van der Waals surface area contributed by atoms with Gasteiger partial charge in [0.25, 0.3) is 0 Å². The van der Waals surface area contributed by atoms with Crippen LogP contribution in [-0.4, -0.2) is 12.8 Å². The van der Waals surface area contributed by atoms with E-state index in [1.165, 1.54) is 4.88 Å². The Hall–Kier alpha value is 0.490. The summed E-state index contributed by atoms with van der Waals surface area (Å²) in [5.74, 6) is 0. The molecule has 0 aliphatic rings. The third-order valence-electron chi connectivity index (χ3n) is 1.40. The molecule has 0 radical (unpaired) electrons. The summed E-state index contributed by atoms with van der Waals surface area (Å²) in [5.41, 5.74) is 5.60.